The SMILES string of the molecule is C(=C1/CCCN=C1c1cccnc1)/c1ccn(CC2CCCCC2)n1. The van der Waals surface area contributed by atoms with E-state index in [9.17, 15) is 0 Å². The molecule has 4 nitrogen and oxygen atoms in total. The first-order valence-electron chi connectivity index (χ1n) is 9.58. The molecule has 1 aliphatic carbocycles. The summed E-state index contributed by atoms with van der Waals surface area (Å²) >= 11 is 0. The standard InChI is InChI=1S/C21H26N4/c1-2-6-17(7-3-1)16-25-13-10-20(24-25)14-18-8-5-12-23-21(18)19-9-4-11-22-15-19/h4,9-11,13-15,17H,1-3,5-8,12,16H2/b18-14+. The van der Waals surface area contributed by atoms with Gasteiger partial charge in [0.25, 0.3) is 0 Å². The van der Waals surface area contributed by atoms with E-state index in [1.54, 1.807) is 0 Å². The summed E-state index contributed by atoms with van der Waals surface area (Å²) in [6, 6.07) is 6.20. The first-order valence-corrected chi connectivity index (χ1v) is 9.58. The van der Waals surface area contributed by atoms with Crippen LogP contribution in [-0.4, -0.2) is 27.0 Å². The molecule has 1 fully saturated rings. The van der Waals surface area contributed by atoms with Crippen LogP contribution in [0.3, 0.4) is 0 Å². The van der Waals surface area contributed by atoms with Crippen LogP contribution in [-0.2, 0) is 6.54 Å². The first-order chi connectivity index (χ1) is 12.4. The minimum atomic E-state index is 0.802. The minimum absolute atomic E-state index is 0.802. The van der Waals surface area contributed by atoms with E-state index in [4.69, 9.17) is 10.1 Å². The maximum Gasteiger partial charge on any atom is 0.0854 e. The Bertz CT molecular complexity index is 751. The normalized spacial score (nSPS) is 20.6. The van der Waals surface area contributed by atoms with Crippen LogP contribution < -0.4 is 0 Å². The van der Waals surface area contributed by atoms with Gasteiger partial charge in [-0.1, -0.05) is 19.3 Å². The molecule has 0 atom stereocenters. The summed E-state index contributed by atoms with van der Waals surface area (Å²) in [4.78, 5) is 8.99. The van der Waals surface area contributed by atoms with Gasteiger partial charge in [0.2, 0.25) is 0 Å². The van der Waals surface area contributed by atoms with Crippen molar-refractivity contribution in [3.63, 3.8) is 0 Å². The van der Waals surface area contributed by atoms with Crippen LogP contribution in [0.5, 0.6) is 0 Å². The predicted octanol–water partition coefficient (Wildman–Crippen LogP) is 4.52. The first kappa shape index (κ1) is 16.2. The fraction of sp³-hybridized carbons (Fsp3) is 0.476. The third-order valence-electron chi connectivity index (χ3n) is 5.27. The molecule has 2 aromatic rings. The second-order valence-corrected chi connectivity index (χ2v) is 7.21. The van der Waals surface area contributed by atoms with E-state index in [-0.39, 0.29) is 0 Å². The minimum Gasteiger partial charge on any atom is -0.284 e. The Hall–Kier alpha value is -2.23. The van der Waals surface area contributed by atoms with Gasteiger partial charge in [-0.15, -0.1) is 0 Å². The summed E-state index contributed by atoms with van der Waals surface area (Å²) in [6.07, 6.45) is 17.1. The molecule has 3 heterocycles. The molecule has 0 amide bonds. The molecule has 1 saturated carbocycles. The van der Waals surface area contributed by atoms with Crippen molar-refractivity contribution in [2.75, 3.05) is 6.54 Å². The summed E-state index contributed by atoms with van der Waals surface area (Å²) in [6.45, 7) is 1.96. The molecule has 130 valence electrons. The average Bonchev–Trinajstić information content (AvgIpc) is 3.10. The molecule has 0 bridgehead atoms. The van der Waals surface area contributed by atoms with Gasteiger partial charge < -0.3 is 0 Å². The van der Waals surface area contributed by atoms with Crippen molar-refractivity contribution in [1.29, 1.82) is 0 Å². The number of pyridine rings is 1. The van der Waals surface area contributed by atoms with E-state index in [0.29, 0.717) is 0 Å². The van der Waals surface area contributed by atoms with Crippen molar-refractivity contribution in [3.8, 4) is 0 Å². The van der Waals surface area contributed by atoms with Gasteiger partial charge in [0, 0.05) is 37.2 Å². The Morgan fingerprint density at radius 1 is 1.12 bits per heavy atom. The van der Waals surface area contributed by atoms with Gasteiger partial charge in [-0.2, -0.15) is 5.10 Å². The molecule has 4 heteroatoms. The molecule has 0 unspecified atom stereocenters. The topological polar surface area (TPSA) is 43.1 Å². The van der Waals surface area contributed by atoms with Gasteiger partial charge in [0.15, 0.2) is 0 Å². The molecule has 0 saturated heterocycles. The number of hydrogen-bond acceptors (Lipinski definition) is 3. The van der Waals surface area contributed by atoms with Crippen molar-refractivity contribution >= 4 is 11.8 Å². The van der Waals surface area contributed by atoms with Crippen LogP contribution >= 0.6 is 0 Å². The summed E-state index contributed by atoms with van der Waals surface area (Å²) in [5.41, 5.74) is 4.52. The quantitative estimate of drug-likeness (QED) is 0.825. The summed E-state index contributed by atoms with van der Waals surface area (Å²) < 4.78 is 2.13. The van der Waals surface area contributed by atoms with E-state index in [1.165, 1.54) is 37.7 Å². The third-order valence-corrected chi connectivity index (χ3v) is 5.27. The molecule has 0 spiro atoms. The number of rotatable bonds is 4. The van der Waals surface area contributed by atoms with Gasteiger partial charge in [0.05, 0.1) is 11.4 Å². The Labute approximate surface area is 149 Å². The molecule has 25 heavy (non-hydrogen) atoms. The lowest BCUT2D eigenvalue weighted by Crippen LogP contribution is -2.14. The lowest BCUT2D eigenvalue weighted by atomic mass is 9.89. The molecule has 2 aromatic heterocycles. The fourth-order valence-electron chi connectivity index (χ4n) is 3.97. The summed E-state index contributed by atoms with van der Waals surface area (Å²) in [5.74, 6) is 0.802. The molecule has 2 aliphatic rings. The number of allylic oxidation sites excluding steroid dienone is 1. The number of hydrogen-bond donors (Lipinski definition) is 0. The van der Waals surface area contributed by atoms with E-state index >= 15 is 0 Å². The smallest absolute Gasteiger partial charge is 0.0854 e. The zero-order valence-corrected chi connectivity index (χ0v) is 14.8. The average molecular weight is 334 g/mol. The second-order valence-electron chi connectivity index (χ2n) is 7.21. The van der Waals surface area contributed by atoms with E-state index in [1.807, 2.05) is 18.5 Å². The fourth-order valence-corrected chi connectivity index (χ4v) is 3.97. The van der Waals surface area contributed by atoms with Crippen molar-refractivity contribution < 1.29 is 0 Å². The van der Waals surface area contributed by atoms with Crippen molar-refractivity contribution in [2.45, 2.75) is 51.5 Å². The van der Waals surface area contributed by atoms with Crippen LogP contribution in [0.1, 0.15) is 56.2 Å². The number of aliphatic imine (C=N–C) groups is 1. The molecule has 4 rings (SSSR count). The molecule has 0 aromatic carbocycles. The highest BCUT2D eigenvalue weighted by Gasteiger charge is 2.16. The van der Waals surface area contributed by atoms with Gasteiger partial charge in [-0.25, -0.2) is 0 Å². The van der Waals surface area contributed by atoms with Gasteiger partial charge in [-0.3, -0.25) is 14.7 Å². The zero-order chi connectivity index (χ0) is 16.9. The van der Waals surface area contributed by atoms with Crippen LogP contribution in [0.15, 0.2) is 47.4 Å². The molecule has 0 radical (unpaired) electrons. The monoisotopic (exact) mass is 334 g/mol. The van der Waals surface area contributed by atoms with Gasteiger partial charge in [-0.05, 0) is 61.4 Å². The highest BCUT2D eigenvalue weighted by Crippen LogP contribution is 2.25. The second kappa shape index (κ2) is 7.77. The molecular weight excluding hydrogens is 308 g/mol. The predicted molar refractivity (Wildman–Crippen MR) is 102 cm³/mol. The van der Waals surface area contributed by atoms with E-state index in [0.717, 1.165) is 48.8 Å². The summed E-state index contributed by atoms with van der Waals surface area (Å²) in [5, 5.41) is 4.80. The Morgan fingerprint density at radius 3 is 2.88 bits per heavy atom. The van der Waals surface area contributed by atoms with E-state index < -0.39 is 0 Å². The molecular formula is C21H26N4. The Kier molecular flexibility index (Phi) is 5.05. The maximum absolute atomic E-state index is 4.80. The number of nitrogens with zero attached hydrogens (tertiary/aromatic N) is 4. The third kappa shape index (κ3) is 4.06. The van der Waals surface area contributed by atoms with Crippen molar-refractivity contribution in [1.82, 2.24) is 14.8 Å². The van der Waals surface area contributed by atoms with Crippen LogP contribution in [0.2, 0.25) is 0 Å². The largest absolute Gasteiger partial charge is 0.284 e. The lowest BCUT2D eigenvalue weighted by Gasteiger charge is -2.21. The molecule has 1 aliphatic heterocycles. The van der Waals surface area contributed by atoms with Gasteiger partial charge >= 0.3 is 0 Å². The maximum atomic E-state index is 4.80. The van der Waals surface area contributed by atoms with Crippen LogP contribution in [0, 0.1) is 5.92 Å². The van der Waals surface area contributed by atoms with Crippen LogP contribution in [0.4, 0.5) is 0 Å². The highest BCUT2D eigenvalue weighted by molar-refractivity contribution is 6.15. The Morgan fingerprint density at radius 2 is 2.04 bits per heavy atom. The van der Waals surface area contributed by atoms with Crippen molar-refractivity contribution in [3.05, 3.63) is 53.6 Å². The van der Waals surface area contributed by atoms with Crippen LogP contribution in [0.25, 0.3) is 6.08 Å². The number of aromatic nitrogens is 3. The lowest BCUT2D eigenvalue weighted by molar-refractivity contribution is 0.308. The van der Waals surface area contributed by atoms with Gasteiger partial charge in [0.1, 0.15) is 0 Å². The summed E-state index contributed by atoms with van der Waals surface area (Å²) in [7, 11) is 0. The highest BCUT2D eigenvalue weighted by atomic mass is 15.3. The molecule has 0 N–H and O–H groups in total. The van der Waals surface area contributed by atoms with Crippen molar-refractivity contribution in [2.24, 2.45) is 10.9 Å². The van der Waals surface area contributed by atoms with E-state index in [2.05, 4.69) is 34.1 Å². The Balaban J connectivity index is 1.51. The zero-order valence-electron chi connectivity index (χ0n) is 14.8.